The van der Waals surface area contributed by atoms with Crippen molar-refractivity contribution in [2.45, 2.75) is 25.4 Å². The van der Waals surface area contributed by atoms with E-state index in [1.807, 2.05) is 31.2 Å². The molecule has 1 aromatic carbocycles. The van der Waals surface area contributed by atoms with Crippen molar-refractivity contribution >= 4 is 5.78 Å². The van der Waals surface area contributed by atoms with E-state index in [2.05, 4.69) is 0 Å². The summed E-state index contributed by atoms with van der Waals surface area (Å²) in [5.74, 6) is 0.938. The van der Waals surface area contributed by atoms with Crippen LogP contribution in [0.5, 0.6) is 5.75 Å². The number of methoxy groups -OCH3 is 1. The van der Waals surface area contributed by atoms with Gasteiger partial charge in [0.1, 0.15) is 11.4 Å². The Morgan fingerprint density at radius 2 is 2.18 bits per heavy atom. The molecule has 1 aliphatic heterocycles. The molecule has 3 nitrogen and oxygen atoms in total. The Kier molecular flexibility index (Phi) is 3.18. The van der Waals surface area contributed by atoms with Gasteiger partial charge >= 0.3 is 0 Å². The third-order valence-corrected chi connectivity index (χ3v) is 2.91. The van der Waals surface area contributed by atoms with E-state index in [1.165, 1.54) is 12.3 Å². The highest BCUT2D eigenvalue weighted by Gasteiger charge is 2.31. The van der Waals surface area contributed by atoms with Gasteiger partial charge in [-0.3, -0.25) is 4.79 Å². The van der Waals surface area contributed by atoms with Crippen LogP contribution in [0, 0.1) is 0 Å². The number of benzene rings is 1. The second kappa shape index (κ2) is 4.62. The van der Waals surface area contributed by atoms with E-state index >= 15 is 0 Å². The largest absolute Gasteiger partial charge is 0.496 e. The van der Waals surface area contributed by atoms with Crippen molar-refractivity contribution in [3.05, 3.63) is 42.2 Å². The van der Waals surface area contributed by atoms with Crippen molar-refractivity contribution in [2.75, 3.05) is 7.11 Å². The van der Waals surface area contributed by atoms with E-state index in [4.69, 9.17) is 9.47 Å². The summed E-state index contributed by atoms with van der Waals surface area (Å²) in [6.07, 6.45) is 4.03. The standard InChI is InChI=1S/C14H16O3/c1-14(10-12(15)7-8-17-14)9-11-5-3-4-6-13(11)16-2/h3-8H,9-10H2,1-2H3. The predicted molar refractivity (Wildman–Crippen MR) is 65.0 cm³/mol. The predicted octanol–water partition coefficient (Wildman–Crippen LogP) is 2.50. The van der Waals surface area contributed by atoms with Gasteiger partial charge in [0, 0.05) is 12.5 Å². The number of hydrogen-bond acceptors (Lipinski definition) is 3. The average molecular weight is 232 g/mol. The first-order chi connectivity index (χ1) is 8.13. The molecule has 0 spiro atoms. The average Bonchev–Trinajstić information content (AvgIpc) is 2.29. The molecule has 0 fully saturated rings. The van der Waals surface area contributed by atoms with Crippen molar-refractivity contribution in [1.29, 1.82) is 0 Å². The zero-order valence-electron chi connectivity index (χ0n) is 10.1. The van der Waals surface area contributed by atoms with Gasteiger partial charge in [-0.25, -0.2) is 0 Å². The summed E-state index contributed by atoms with van der Waals surface area (Å²) in [7, 11) is 1.65. The minimum absolute atomic E-state index is 0.105. The number of carbonyl (C=O) groups is 1. The maximum Gasteiger partial charge on any atom is 0.162 e. The Morgan fingerprint density at radius 1 is 1.41 bits per heavy atom. The fourth-order valence-corrected chi connectivity index (χ4v) is 2.10. The molecule has 1 heterocycles. The Morgan fingerprint density at radius 3 is 2.88 bits per heavy atom. The van der Waals surface area contributed by atoms with Gasteiger partial charge in [0.15, 0.2) is 5.78 Å². The fourth-order valence-electron chi connectivity index (χ4n) is 2.10. The molecule has 0 bridgehead atoms. The lowest BCUT2D eigenvalue weighted by atomic mass is 9.89. The summed E-state index contributed by atoms with van der Waals surface area (Å²) in [4.78, 5) is 11.4. The van der Waals surface area contributed by atoms with Gasteiger partial charge < -0.3 is 9.47 Å². The first-order valence-electron chi connectivity index (χ1n) is 5.62. The monoisotopic (exact) mass is 232 g/mol. The molecule has 90 valence electrons. The van der Waals surface area contributed by atoms with Crippen LogP contribution in [0.1, 0.15) is 18.9 Å². The molecule has 2 rings (SSSR count). The second-order valence-electron chi connectivity index (χ2n) is 4.50. The Balaban J connectivity index is 2.20. The second-order valence-corrected chi connectivity index (χ2v) is 4.50. The van der Waals surface area contributed by atoms with Crippen LogP contribution < -0.4 is 4.74 Å². The summed E-state index contributed by atoms with van der Waals surface area (Å²) in [6.45, 7) is 1.95. The molecule has 0 radical (unpaired) electrons. The van der Waals surface area contributed by atoms with Gasteiger partial charge in [-0.1, -0.05) is 18.2 Å². The summed E-state index contributed by atoms with van der Waals surface area (Å²) < 4.78 is 10.9. The molecule has 1 unspecified atom stereocenters. The first kappa shape index (κ1) is 11.7. The number of hydrogen-bond donors (Lipinski definition) is 0. The minimum atomic E-state index is -0.472. The summed E-state index contributed by atoms with van der Waals surface area (Å²) in [6, 6.07) is 7.80. The van der Waals surface area contributed by atoms with Crippen molar-refractivity contribution in [3.8, 4) is 5.75 Å². The highest BCUT2D eigenvalue weighted by Crippen LogP contribution is 2.29. The lowest BCUT2D eigenvalue weighted by Crippen LogP contribution is -2.34. The molecule has 0 N–H and O–H groups in total. The lowest BCUT2D eigenvalue weighted by molar-refractivity contribution is -0.121. The normalized spacial score (nSPS) is 23.3. The Bertz CT molecular complexity index is 451. The van der Waals surface area contributed by atoms with Crippen LogP contribution in [0.15, 0.2) is 36.6 Å². The van der Waals surface area contributed by atoms with Gasteiger partial charge in [-0.05, 0) is 18.6 Å². The molecule has 0 amide bonds. The van der Waals surface area contributed by atoms with Crippen molar-refractivity contribution in [2.24, 2.45) is 0 Å². The molecule has 1 aliphatic rings. The molecule has 3 heteroatoms. The van der Waals surface area contributed by atoms with Crippen LogP contribution in [0.25, 0.3) is 0 Å². The zero-order valence-corrected chi connectivity index (χ0v) is 10.1. The van der Waals surface area contributed by atoms with Crippen LogP contribution in [-0.4, -0.2) is 18.5 Å². The Hall–Kier alpha value is -1.77. The number of carbonyl (C=O) groups excluding carboxylic acids is 1. The third kappa shape index (κ3) is 2.67. The highest BCUT2D eigenvalue weighted by atomic mass is 16.5. The van der Waals surface area contributed by atoms with Crippen molar-refractivity contribution < 1.29 is 14.3 Å². The maximum absolute atomic E-state index is 11.4. The summed E-state index contributed by atoms with van der Waals surface area (Å²) >= 11 is 0. The number of ketones is 1. The molecule has 0 aromatic heterocycles. The Labute approximate surface area is 101 Å². The number of ether oxygens (including phenoxy) is 2. The smallest absolute Gasteiger partial charge is 0.162 e. The quantitative estimate of drug-likeness (QED) is 0.803. The lowest BCUT2D eigenvalue weighted by Gasteiger charge is -2.31. The fraction of sp³-hybridized carbons (Fsp3) is 0.357. The molecule has 0 saturated heterocycles. The van der Waals surface area contributed by atoms with Crippen LogP contribution in [0.4, 0.5) is 0 Å². The number of para-hydroxylation sites is 1. The molecular formula is C14H16O3. The van der Waals surface area contributed by atoms with Gasteiger partial charge in [0.25, 0.3) is 0 Å². The molecule has 0 aliphatic carbocycles. The molecule has 0 saturated carbocycles. The van der Waals surface area contributed by atoms with Crippen LogP contribution in [0.2, 0.25) is 0 Å². The van der Waals surface area contributed by atoms with Crippen LogP contribution >= 0.6 is 0 Å². The number of allylic oxidation sites excluding steroid dienone is 1. The topological polar surface area (TPSA) is 35.5 Å². The van der Waals surface area contributed by atoms with E-state index in [1.54, 1.807) is 7.11 Å². The molecular weight excluding hydrogens is 216 g/mol. The SMILES string of the molecule is COc1ccccc1CC1(C)CC(=O)C=CO1. The van der Waals surface area contributed by atoms with E-state index in [0.29, 0.717) is 12.8 Å². The van der Waals surface area contributed by atoms with E-state index in [9.17, 15) is 4.79 Å². The number of rotatable bonds is 3. The first-order valence-corrected chi connectivity index (χ1v) is 5.62. The van der Waals surface area contributed by atoms with Gasteiger partial charge in [0.2, 0.25) is 0 Å². The van der Waals surface area contributed by atoms with Crippen molar-refractivity contribution in [3.63, 3.8) is 0 Å². The van der Waals surface area contributed by atoms with Gasteiger partial charge in [-0.2, -0.15) is 0 Å². The molecule has 17 heavy (non-hydrogen) atoms. The van der Waals surface area contributed by atoms with Crippen LogP contribution in [-0.2, 0) is 16.0 Å². The van der Waals surface area contributed by atoms with Gasteiger partial charge in [0.05, 0.1) is 19.8 Å². The minimum Gasteiger partial charge on any atom is -0.496 e. The van der Waals surface area contributed by atoms with Gasteiger partial charge in [-0.15, -0.1) is 0 Å². The maximum atomic E-state index is 11.4. The van der Waals surface area contributed by atoms with E-state index < -0.39 is 5.60 Å². The zero-order chi connectivity index (χ0) is 12.3. The van der Waals surface area contributed by atoms with Crippen LogP contribution in [0.3, 0.4) is 0 Å². The molecule has 1 aromatic rings. The van der Waals surface area contributed by atoms with E-state index in [0.717, 1.165) is 11.3 Å². The highest BCUT2D eigenvalue weighted by molar-refractivity contribution is 5.90. The summed E-state index contributed by atoms with van der Waals surface area (Å²) in [5.41, 5.74) is 0.584. The summed E-state index contributed by atoms with van der Waals surface area (Å²) in [5, 5.41) is 0. The van der Waals surface area contributed by atoms with E-state index in [-0.39, 0.29) is 5.78 Å². The third-order valence-electron chi connectivity index (χ3n) is 2.91. The van der Waals surface area contributed by atoms with Crippen molar-refractivity contribution in [1.82, 2.24) is 0 Å². The molecule has 1 atom stereocenters.